The van der Waals surface area contributed by atoms with Gasteiger partial charge >= 0.3 is 12.1 Å². The molecule has 1 fully saturated rings. The normalized spacial score (nSPS) is 21.6. The molecule has 1 atom stereocenters. The monoisotopic (exact) mass is 305 g/mol. The Morgan fingerprint density at radius 1 is 1.38 bits per heavy atom. The summed E-state index contributed by atoms with van der Waals surface area (Å²) in [5.74, 6) is -3.63. The Morgan fingerprint density at radius 3 is 2.52 bits per heavy atom. The van der Waals surface area contributed by atoms with Crippen molar-refractivity contribution in [2.75, 3.05) is 13.2 Å². The number of hydrogen-bond donors (Lipinski definition) is 0. The van der Waals surface area contributed by atoms with Crippen LogP contribution < -0.4 is 0 Å². The molecule has 0 N–H and O–H groups in total. The molecular weight excluding hydrogens is 284 g/mol. The minimum absolute atomic E-state index is 0.194. The molecule has 7 heteroatoms. The number of ether oxygens (including phenoxy) is 2. The number of rotatable bonds is 3. The maximum atomic E-state index is 13.5. The molecule has 0 radical (unpaired) electrons. The number of esters is 1. The third-order valence-corrected chi connectivity index (χ3v) is 2.68. The molecule has 0 aliphatic carbocycles. The molecule has 1 aliphatic rings. The number of nitrogens with zero attached hydrogens (tertiary/aromatic N) is 1. The van der Waals surface area contributed by atoms with Crippen LogP contribution >= 0.6 is 0 Å². The van der Waals surface area contributed by atoms with Crippen molar-refractivity contribution in [2.24, 2.45) is 0 Å². The standard InChI is InChI=1S/C14H21F2NO4/c1-5-20-11(18)7-6-10-8-14(15,16)9-17(10)12(19)21-13(2,3)4/h6-7,10H,5,8-9H2,1-4H3/b7-6+. The van der Waals surface area contributed by atoms with E-state index in [-0.39, 0.29) is 6.61 Å². The lowest BCUT2D eigenvalue weighted by atomic mass is 10.2. The molecule has 21 heavy (non-hydrogen) atoms. The second-order valence-corrected chi connectivity index (χ2v) is 5.85. The molecule has 1 aliphatic heterocycles. The van der Waals surface area contributed by atoms with Crippen molar-refractivity contribution in [3.05, 3.63) is 12.2 Å². The summed E-state index contributed by atoms with van der Waals surface area (Å²) < 4.78 is 36.8. The third-order valence-electron chi connectivity index (χ3n) is 2.68. The quantitative estimate of drug-likeness (QED) is 0.594. The first-order valence-corrected chi connectivity index (χ1v) is 6.76. The number of halogens is 2. The van der Waals surface area contributed by atoms with E-state index in [1.165, 1.54) is 6.08 Å². The Kier molecular flexibility index (Phi) is 5.31. The molecule has 0 aromatic carbocycles. The Bertz CT molecular complexity index is 429. The summed E-state index contributed by atoms with van der Waals surface area (Å²) in [5, 5.41) is 0. The zero-order chi connectivity index (χ0) is 16.3. The van der Waals surface area contributed by atoms with Gasteiger partial charge in [0.15, 0.2) is 0 Å². The predicted octanol–water partition coefficient (Wildman–Crippen LogP) is 2.75. The number of alkyl halides is 2. The summed E-state index contributed by atoms with van der Waals surface area (Å²) in [6.07, 6.45) is 0.955. The van der Waals surface area contributed by atoms with E-state index in [9.17, 15) is 18.4 Å². The van der Waals surface area contributed by atoms with Crippen LogP contribution in [0, 0.1) is 0 Å². The van der Waals surface area contributed by atoms with Gasteiger partial charge in [0.05, 0.1) is 19.2 Å². The molecule has 1 amide bonds. The zero-order valence-corrected chi connectivity index (χ0v) is 12.7. The fourth-order valence-corrected chi connectivity index (χ4v) is 1.92. The molecule has 120 valence electrons. The summed E-state index contributed by atoms with van der Waals surface area (Å²) in [4.78, 5) is 24.1. The van der Waals surface area contributed by atoms with Gasteiger partial charge in [-0.3, -0.25) is 4.90 Å². The summed E-state index contributed by atoms with van der Waals surface area (Å²) in [7, 11) is 0. The molecule has 0 saturated carbocycles. The summed E-state index contributed by atoms with van der Waals surface area (Å²) in [6.45, 7) is 6.08. The summed E-state index contributed by atoms with van der Waals surface area (Å²) >= 11 is 0. The second kappa shape index (κ2) is 6.41. The topological polar surface area (TPSA) is 55.8 Å². The summed E-state index contributed by atoms with van der Waals surface area (Å²) in [5.41, 5.74) is -0.773. The second-order valence-electron chi connectivity index (χ2n) is 5.85. The highest BCUT2D eigenvalue weighted by Gasteiger charge is 2.47. The van der Waals surface area contributed by atoms with Crippen molar-refractivity contribution < 1.29 is 27.8 Å². The van der Waals surface area contributed by atoms with Crippen LogP contribution in [0.3, 0.4) is 0 Å². The van der Waals surface area contributed by atoms with Crippen molar-refractivity contribution in [3.8, 4) is 0 Å². The lowest BCUT2D eigenvalue weighted by Gasteiger charge is -2.26. The van der Waals surface area contributed by atoms with E-state index in [1.54, 1.807) is 27.7 Å². The maximum absolute atomic E-state index is 13.5. The molecule has 1 rings (SSSR count). The molecular formula is C14H21F2NO4. The molecule has 0 aromatic heterocycles. The molecule has 5 nitrogen and oxygen atoms in total. The average Bonchev–Trinajstić information content (AvgIpc) is 2.60. The molecule has 1 unspecified atom stereocenters. The lowest BCUT2D eigenvalue weighted by Crippen LogP contribution is -2.40. The molecule has 1 heterocycles. The van der Waals surface area contributed by atoms with Gasteiger partial charge in [0.25, 0.3) is 5.92 Å². The van der Waals surface area contributed by atoms with E-state index < -0.39 is 42.6 Å². The van der Waals surface area contributed by atoms with Gasteiger partial charge < -0.3 is 9.47 Å². The Balaban J connectivity index is 2.79. The average molecular weight is 305 g/mol. The smallest absolute Gasteiger partial charge is 0.410 e. The van der Waals surface area contributed by atoms with Crippen molar-refractivity contribution in [1.82, 2.24) is 4.90 Å². The number of hydrogen-bond acceptors (Lipinski definition) is 4. The van der Waals surface area contributed by atoms with Crippen LogP contribution in [0.4, 0.5) is 13.6 Å². The van der Waals surface area contributed by atoms with Crippen molar-refractivity contribution in [1.29, 1.82) is 0 Å². The van der Waals surface area contributed by atoms with E-state index in [1.807, 2.05) is 0 Å². The van der Waals surface area contributed by atoms with Gasteiger partial charge in [0.2, 0.25) is 0 Å². The number of amides is 1. The summed E-state index contributed by atoms with van der Waals surface area (Å²) in [6, 6.07) is -0.890. The van der Waals surface area contributed by atoms with E-state index in [0.717, 1.165) is 11.0 Å². The van der Waals surface area contributed by atoms with Crippen LogP contribution in [0.2, 0.25) is 0 Å². The number of carbonyl (C=O) groups excluding carboxylic acids is 2. The fourth-order valence-electron chi connectivity index (χ4n) is 1.92. The molecule has 0 bridgehead atoms. The molecule has 0 spiro atoms. The fraction of sp³-hybridized carbons (Fsp3) is 0.714. The lowest BCUT2D eigenvalue weighted by molar-refractivity contribution is -0.137. The van der Waals surface area contributed by atoms with Gasteiger partial charge in [-0.05, 0) is 27.7 Å². The number of likely N-dealkylation sites (tertiary alicyclic amines) is 1. The minimum Gasteiger partial charge on any atom is -0.463 e. The maximum Gasteiger partial charge on any atom is 0.410 e. The van der Waals surface area contributed by atoms with E-state index in [0.29, 0.717) is 0 Å². The van der Waals surface area contributed by atoms with Gasteiger partial charge in [-0.1, -0.05) is 6.08 Å². The van der Waals surface area contributed by atoms with Crippen molar-refractivity contribution in [3.63, 3.8) is 0 Å². The van der Waals surface area contributed by atoms with Gasteiger partial charge in [-0.15, -0.1) is 0 Å². The van der Waals surface area contributed by atoms with Gasteiger partial charge in [-0.25, -0.2) is 18.4 Å². The van der Waals surface area contributed by atoms with Crippen molar-refractivity contribution in [2.45, 2.75) is 51.7 Å². The Labute approximate surface area is 122 Å². The molecule has 0 aromatic rings. The van der Waals surface area contributed by atoms with E-state index >= 15 is 0 Å². The minimum atomic E-state index is -3.00. The van der Waals surface area contributed by atoms with Crippen LogP contribution in [0.5, 0.6) is 0 Å². The first-order chi connectivity index (χ1) is 9.54. The zero-order valence-electron chi connectivity index (χ0n) is 12.7. The first-order valence-electron chi connectivity index (χ1n) is 6.76. The van der Waals surface area contributed by atoms with Crippen LogP contribution in [0.1, 0.15) is 34.1 Å². The third kappa shape index (κ3) is 5.69. The molecule has 1 saturated heterocycles. The predicted molar refractivity (Wildman–Crippen MR) is 72.1 cm³/mol. The SMILES string of the molecule is CCOC(=O)/C=C/C1CC(F)(F)CN1C(=O)OC(C)(C)C. The van der Waals surface area contributed by atoms with Crippen LogP contribution in [-0.4, -0.2) is 47.7 Å². The number of carbonyl (C=O) groups is 2. The first kappa shape index (κ1) is 17.4. The van der Waals surface area contributed by atoms with Gasteiger partial charge in [0.1, 0.15) is 5.60 Å². The van der Waals surface area contributed by atoms with Gasteiger partial charge in [-0.2, -0.15) is 0 Å². The highest BCUT2D eigenvalue weighted by molar-refractivity contribution is 5.82. The van der Waals surface area contributed by atoms with E-state index in [4.69, 9.17) is 4.74 Å². The van der Waals surface area contributed by atoms with Crippen LogP contribution in [-0.2, 0) is 14.3 Å². The van der Waals surface area contributed by atoms with Crippen LogP contribution in [0.25, 0.3) is 0 Å². The highest BCUT2D eigenvalue weighted by atomic mass is 19.3. The largest absolute Gasteiger partial charge is 0.463 e. The highest BCUT2D eigenvalue weighted by Crippen LogP contribution is 2.33. The van der Waals surface area contributed by atoms with Crippen LogP contribution in [0.15, 0.2) is 12.2 Å². The van der Waals surface area contributed by atoms with Gasteiger partial charge in [0, 0.05) is 12.5 Å². The Morgan fingerprint density at radius 2 is 2.00 bits per heavy atom. The van der Waals surface area contributed by atoms with Crippen molar-refractivity contribution >= 4 is 12.1 Å². The Hall–Kier alpha value is -1.66. The van der Waals surface area contributed by atoms with E-state index in [2.05, 4.69) is 4.74 Å².